The second-order valence-corrected chi connectivity index (χ2v) is 6.68. The Morgan fingerprint density at radius 1 is 1.27 bits per heavy atom. The number of anilines is 1. The van der Waals surface area contributed by atoms with Gasteiger partial charge >= 0.3 is 6.61 Å². The highest BCUT2D eigenvalue weighted by Crippen LogP contribution is 2.26. The molecule has 0 radical (unpaired) electrons. The van der Waals surface area contributed by atoms with Crippen LogP contribution in [0.1, 0.15) is 12.0 Å². The number of carbonyl (C=O) groups is 2. The zero-order valence-corrected chi connectivity index (χ0v) is 16.0. The Morgan fingerprint density at radius 3 is 2.60 bits per heavy atom. The standard InChI is InChI=1S/C20H19F3N4O3/c1-26(11-12-3-2-4-15(9-12)30-20(22)23)19(29)16-10-17(18(24)28)27(25-16)14-7-5-13(21)6-8-14/h2-9,17,20H,10-11H2,1H3,(H2,24,28). The number of primary amides is 1. The number of nitrogens with two attached hydrogens (primary N) is 1. The van der Waals surface area contributed by atoms with Gasteiger partial charge in [0.1, 0.15) is 23.3 Å². The molecular weight excluding hydrogens is 401 g/mol. The van der Waals surface area contributed by atoms with Crippen molar-refractivity contribution in [2.45, 2.75) is 25.6 Å². The van der Waals surface area contributed by atoms with Crippen molar-refractivity contribution in [1.29, 1.82) is 0 Å². The van der Waals surface area contributed by atoms with E-state index < -0.39 is 30.3 Å². The predicted molar refractivity (Wildman–Crippen MR) is 103 cm³/mol. The third-order valence-electron chi connectivity index (χ3n) is 4.47. The average Bonchev–Trinajstić information content (AvgIpc) is 3.13. The molecular formula is C20H19F3N4O3. The molecule has 158 valence electrons. The Hall–Kier alpha value is -3.56. The minimum Gasteiger partial charge on any atom is -0.435 e. The van der Waals surface area contributed by atoms with Crippen molar-refractivity contribution >= 4 is 23.2 Å². The molecule has 1 aliphatic heterocycles. The molecule has 0 fully saturated rings. The van der Waals surface area contributed by atoms with Crippen LogP contribution >= 0.6 is 0 Å². The maximum Gasteiger partial charge on any atom is 0.387 e. The smallest absolute Gasteiger partial charge is 0.387 e. The second-order valence-electron chi connectivity index (χ2n) is 6.68. The first kappa shape index (κ1) is 21.2. The van der Waals surface area contributed by atoms with Crippen molar-refractivity contribution in [3.63, 3.8) is 0 Å². The Kier molecular flexibility index (Phi) is 6.24. The summed E-state index contributed by atoms with van der Waals surface area (Å²) < 4.78 is 42.3. The van der Waals surface area contributed by atoms with Gasteiger partial charge in [-0.3, -0.25) is 14.6 Å². The van der Waals surface area contributed by atoms with Gasteiger partial charge in [0, 0.05) is 20.0 Å². The number of nitrogens with zero attached hydrogens (tertiary/aromatic N) is 3. The maximum absolute atomic E-state index is 13.2. The highest BCUT2D eigenvalue weighted by Gasteiger charge is 2.36. The van der Waals surface area contributed by atoms with Crippen LogP contribution in [0.3, 0.4) is 0 Å². The molecule has 7 nitrogen and oxygen atoms in total. The minimum absolute atomic E-state index is 0.00951. The fraction of sp³-hybridized carbons (Fsp3) is 0.250. The lowest BCUT2D eigenvalue weighted by Gasteiger charge is -2.20. The molecule has 3 rings (SSSR count). The number of halogens is 3. The van der Waals surface area contributed by atoms with E-state index in [4.69, 9.17) is 5.73 Å². The lowest BCUT2D eigenvalue weighted by Crippen LogP contribution is -2.40. The predicted octanol–water partition coefficient (Wildman–Crippen LogP) is 2.51. The third-order valence-corrected chi connectivity index (χ3v) is 4.47. The SMILES string of the molecule is CN(Cc1cccc(OC(F)F)c1)C(=O)C1=NN(c2ccc(F)cc2)C(C(N)=O)C1. The third kappa shape index (κ3) is 4.88. The average molecular weight is 420 g/mol. The van der Waals surface area contributed by atoms with Gasteiger partial charge in [-0.25, -0.2) is 4.39 Å². The van der Waals surface area contributed by atoms with E-state index in [2.05, 4.69) is 9.84 Å². The van der Waals surface area contributed by atoms with Crippen molar-refractivity contribution in [3.05, 3.63) is 59.9 Å². The van der Waals surface area contributed by atoms with E-state index in [9.17, 15) is 22.8 Å². The normalized spacial score (nSPS) is 15.8. The molecule has 2 aromatic carbocycles. The van der Waals surface area contributed by atoms with Gasteiger partial charge in [-0.1, -0.05) is 12.1 Å². The van der Waals surface area contributed by atoms with Crippen molar-refractivity contribution in [2.75, 3.05) is 12.1 Å². The van der Waals surface area contributed by atoms with Crippen LogP contribution in [0.25, 0.3) is 0 Å². The molecule has 30 heavy (non-hydrogen) atoms. The molecule has 10 heteroatoms. The van der Waals surface area contributed by atoms with Gasteiger partial charge in [0.25, 0.3) is 5.91 Å². The molecule has 1 unspecified atom stereocenters. The van der Waals surface area contributed by atoms with Crippen LogP contribution in [-0.4, -0.2) is 42.1 Å². The number of rotatable bonds is 7. The molecule has 1 aliphatic rings. The first-order valence-electron chi connectivity index (χ1n) is 8.95. The van der Waals surface area contributed by atoms with Crippen LogP contribution in [0.5, 0.6) is 5.75 Å². The zero-order chi connectivity index (χ0) is 21.8. The Labute approximate surface area is 170 Å². The van der Waals surface area contributed by atoms with Gasteiger partial charge in [0.15, 0.2) is 0 Å². The number of ether oxygens (including phenoxy) is 1. The van der Waals surface area contributed by atoms with Crippen LogP contribution in [0, 0.1) is 5.82 Å². The van der Waals surface area contributed by atoms with Gasteiger partial charge in [-0.2, -0.15) is 13.9 Å². The summed E-state index contributed by atoms with van der Waals surface area (Å²) in [5.74, 6) is -1.60. The molecule has 1 atom stereocenters. The molecule has 0 aromatic heterocycles. The Morgan fingerprint density at radius 2 is 1.97 bits per heavy atom. The number of benzene rings is 2. The van der Waals surface area contributed by atoms with Gasteiger partial charge in [-0.15, -0.1) is 0 Å². The molecule has 2 N–H and O–H groups in total. The fourth-order valence-electron chi connectivity index (χ4n) is 3.08. The lowest BCUT2D eigenvalue weighted by atomic mass is 10.1. The second kappa shape index (κ2) is 8.85. The monoisotopic (exact) mass is 420 g/mol. The highest BCUT2D eigenvalue weighted by molar-refractivity contribution is 6.40. The van der Waals surface area contributed by atoms with E-state index in [0.717, 1.165) is 0 Å². The first-order chi connectivity index (χ1) is 14.2. The van der Waals surface area contributed by atoms with Crippen LogP contribution in [0.15, 0.2) is 53.6 Å². The topological polar surface area (TPSA) is 88.2 Å². The summed E-state index contributed by atoms with van der Waals surface area (Å²) in [6.07, 6.45) is -0.00951. The van der Waals surface area contributed by atoms with E-state index in [1.807, 2.05) is 0 Å². The maximum atomic E-state index is 13.2. The Bertz CT molecular complexity index is 966. The van der Waals surface area contributed by atoms with Gasteiger partial charge in [0.2, 0.25) is 5.91 Å². The van der Waals surface area contributed by atoms with Crippen molar-refractivity contribution in [3.8, 4) is 5.75 Å². The number of hydrogen-bond acceptors (Lipinski definition) is 5. The Balaban J connectivity index is 1.76. The summed E-state index contributed by atoms with van der Waals surface area (Å²) >= 11 is 0. The molecule has 2 aromatic rings. The number of hydrogen-bond donors (Lipinski definition) is 1. The van der Waals surface area contributed by atoms with E-state index in [1.165, 1.54) is 59.4 Å². The summed E-state index contributed by atoms with van der Waals surface area (Å²) in [4.78, 5) is 26.0. The molecule has 0 bridgehead atoms. The quantitative estimate of drug-likeness (QED) is 0.746. The molecule has 0 saturated heterocycles. The molecule has 0 saturated carbocycles. The van der Waals surface area contributed by atoms with E-state index in [0.29, 0.717) is 11.3 Å². The van der Waals surface area contributed by atoms with Gasteiger partial charge in [-0.05, 0) is 42.0 Å². The number of carbonyl (C=O) groups excluding carboxylic acids is 2. The van der Waals surface area contributed by atoms with Crippen LogP contribution < -0.4 is 15.5 Å². The fourth-order valence-corrected chi connectivity index (χ4v) is 3.08. The van der Waals surface area contributed by atoms with Crippen molar-refractivity contribution in [2.24, 2.45) is 10.8 Å². The first-order valence-corrected chi connectivity index (χ1v) is 8.95. The van der Waals surface area contributed by atoms with Crippen LogP contribution in [-0.2, 0) is 16.1 Å². The van der Waals surface area contributed by atoms with E-state index in [-0.39, 0.29) is 24.4 Å². The van der Waals surface area contributed by atoms with Crippen molar-refractivity contribution < 1.29 is 27.5 Å². The largest absolute Gasteiger partial charge is 0.435 e. The van der Waals surface area contributed by atoms with Gasteiger partial charge < -0.3 is 15.4 Å². The summed E-state index contributed by atoms with van der Waals surface area (Å²) in [6, 6.07) is 10.4. The molecule has 1 heterocycles. The van der Waals surface area contributed by atoms with Crippen LogP contribution in [0.4, 0.5) is 18.9 Å². The highest BCUT2D eigenvalue weighted by atomic mass is 19.3. The van der Waals surface area contributed by atoms with E-state index >= 15 is 0 Å². The number of amides is 2. The number of hydrazone groups is 1. The van der Waals surface area contributed by atoms with Crippen LogP contribution in [0.2, 0.25) is 0 Å². The number of alkyl halides is 2. The lowest BCUT2D eigenvalue weighted by molar-refractivity contribution is -0.123. The molecule has 2 amide bonds. The molecule has 0 spiro atoms. The molecule has 0 aliphatic carbocycles. The van der Waals surface area contributed by atoms with Crippen molar-refractivity contribution in [1.82, 2.24) is 4.90 Å². The van der Waals surface area contributed by atoms with Gasteiger partial charge in [0.05, 0.1) is 5.69 Å². The summed E-state index contributed by atoms with van der Waals surface area (Å²) in [5.41, 5.74) is 6.54. The summed E-state index contributed by atoms with van der Waals surface area (Å²) in [7, 11) is 1.52. The zero-order valence-electron chi connectivity index (χ0n) is 16.0. The summed E-state index contributed by atoms with van der Waals surface area (Å²) in [5, 5.41) is 5.51. The summed E-state index contributed by atoms with van der Waals surface area (Å²) in [6.45, 7) is -2.84. The minimum atomic E-state index is -2.95. The van der Waals surface area contributed by atoms with E-state index in [1.54, 1.807) is 6.07 Å².